The highest BCUT2D eigenvalue weighted by atomic mass is 16.5. The van der Waals surface area contributed by atoms with Gasteiger partial charge in [0.05, 0.1) is 18.8 Å². The predicted octanol–water partition coefficient (Wildman–Crippen LogP) is 1.29. The van der Waals surface area contributed by atoms with Gasteiger partial charge in [-0.05, 0) is 25.0 Å². The van der Waals surface area contributed by atoms with E-state index in [0.717, 1.165) is 31.7 Å². The maximum absolute atomic E-state index is 12.4. The zero-order valence-electron chi connectivity index (χ0n) is 15.7. The van der Waals surface area contributed by atoms with Crippen molar-refractivity contribution in [3.8, 4) is 5.88 Å². The van der Waals surface area contributed by atoms with E-state index in [1.165, 1.54) is 0 Å². The summed E-state index contributed by atoms with van der Waals surface area (Å²) in [6.45, 7) is 2.21. The number of carbonyl (C=O) groups is 1. The van der Waals surface area contributed by atoms with Gasteiger partial charge in [-0.3, -0.25) is 9.78 Å². The minimum Gasteiger partial charge on any atom is -0.478 e. The monoisotopic (exact) mass is 381 g/mol. The second kappa shape index (κ2) is 6.70. The highest BCUT2D eigenvalue weighted by Crippen LogP contribution is 2.55. The predicted molar refractivity (Wildman–Crippen MR) is 101 cm³/mol. The Morgan fingerprint density at radius 1 is 1.32 bits per heavy atom. The number of ether oxygens (including phenoxy) is 2. The standard InChI is InChI=1S/C20H23N5O3/c1-27-19-17(22-8-9-23-19)25-11-14-13(16-5-6-20(14,12-25)28-16)10-24-18(26)15-4-2-3-7-21-15/h2-4,7-9,13-14,16H,5-6,10-12H2,1H3,(H,24,26)/t13-,14+,16+,20+/m0/s1. The zero-order valence-corrected chi connectivity index (χ0v) is 15.7. The summed E-state index contributed by atoms with van der Waals surface area (Å²) in [7, 11) is 1.61. The molecule has 8 nitrogen and oxygen atoms in total. The van der Waals surface area contributed by atoms with Crippen molar-refractivity contribution in [2.24, 2.45) is 11.8 Å². The molecular weight excluding hydrogens is 358 g/mol. The molecule has 0 saturated carbocycles. The minimum absolute atomic E-state index is 0.136. The van der Waals surface area contributed by atoms with Gasteiger partial charge in [0.25, 0.3) is 11.8 Å². The smallest absolute Gasteiger partial charge is 0.269 e. The number of fused-ring (bicyclic) bond motifs is 1. The first-order valence-electron chi connectivity index (χ1n) is 9.67. The van der Waals surface area contributed by atoms with Crippen molar-refractivity contribution < 1.29 is 14.3 Å². The second-order valence-electron chi connectivity index (χ2n) is 7.72. The average Bonchev–Trinajstić information content (AvgIpc) is 3.41. The largest absolute Gasteiger partial charge is 0.478 e. The van der Waals surface area contributed by atoms with E-state index in [1.54, 1.807) is 37.8 Å². The molecule has 4 atom stereocenters. The molecule has 1 spiro atoms. The molecular formula is C20H23N5O3. The van der Waals surface area contributed by atoms with Crippen molar-refractivity contribution in [3.63, 3.8) is 0 Å². The highest BCUT2D eigenvalue weighted by Gasteiger charge is 2.63. The molecule has 0 unspecified atom stereocenters. The summed E-state index contributed by atoms with van der Waals surface area (Å²) >= 11 is 0. The molecule has 0 aromatic carbocycles. The van der Waals surface area contributed by atoms with Gasteiger partial charge >= 0.3 is 0 Å². The molecule has 0 aliphatic carbocycles. The van der Waals surface area contributed by atoms with Crippen LogP contribution in [0.2, 0.25) is 0 Å². The Hall–Kier alpha value is -2.74. The molecule has 3 aliphatic heterocycles. The van der Waals surface area contributed by atoms with Crippen molar-refractivity contribution in [3.05, 3.63) is 42.5 Å². The quantitative estimate of drug-likeness (QED) is 0.835. The van der Waals surface area contributed by atoms with Gasteiger partial charge in [-0.25, -0.2) is 9.97 Å². The first-order valence-corrected chi connectivity index (χ1v) is 9.67. The Kier molecular flexibility index (Phi) is 4.16. The molecule has 28 heavy (non-hydrogen) atoms. The molecule has 5 heterocycles. The van der Waals surface area contributed by atoms with Crippen LogP contribution in [0.3, 0.4) is 0 Å². The highest BCUT2D eigenvalue weighted by molar-refractivity contribution is 5.92. The van der Waals surface area contributed by atoms with Crippen molar-refractivity contribution in [1.29, 1.82) is 0 Å². The summed E-state index contributed by atoms with van der Waals surface area (Å²) in [5.41, 5.74) is 0.284. The van der Waals surface area contributed by atoms with E-state index in [4.69, 9.17) is 9.47 Å². The van der Waals surface area contributed by atoms with E-state index in [-0.39, 0.29) is 23.5 Å². The van der Waals surface area contributed by atoms with Crippen LogP contribution in [0.25, 0.3) is 0 Å². The molecule has 1 N–H and O–H groups in total. The number of hydrogen-bond donors (Lipinski definition) is 1. The Morgan fingerprint density at radius 3 is 3.04 bits per heavy atom. The molecule has 5 rings (SSSR count). The van der Waals surface area contributed by atoms with Gasteiger partial charge in [0, 0.05) is 50.1 Å². The van der Waals surface area contributed by atoms with E-state index in [2.05, 4.69) is 25.2 Å². The lowest BCUT2D eigenvalue weighted by Gasteiger charge is -2.29. The van der Waals surface area contributed by atoms with Crippen LogP contribution in [0.5, 0.6) is 5.88 Å². The van der Waals surface area contributed by atoms with Crippen LogP contribution in [0.4, 0.5) is 5.82 Å². The second-order valence-corrected chi connectivity index (χ2v) is 7.72. The number of methoxy groups -OCH3 is 1. The minimum atomic E-state index is -0.159. The van der Waals surface area contributed by atoms with Crippen molar-refractivity contribution in [2.75, 3.05) is 31.6 Å². The third-order valence-corrected chi connectivity index (χ3v) is 6.32. The van der Waals surface area contributed by atoms with Crippen LogP contribution < -0.4 is 15.0 Å². The van der Waals surface area contributed by atoms with Gasteiger partial charge in [0.15, 0.2) is 5.82 Å². The number of carbonyl (C=O) groups excluding carboxylic acids is 1. The summed E-state index contributed by atoms with van der Waals surface area (Å²) in [5, 5.41) is 3.06. The van der Waals surface area contributed by atoms with E-state index < -0.39 is 0 Å². The van der Waals surface area contributed by atoms with Gasteiger partial charge < -0.3 is 19.7 Å². The first kappa shape index (κ1) is 17.4. The van der Waals surface area contributed by atoms with Crippen LogP contribution in [0, 0.1) is 11.8 Å². The SMILES string of the molecule is COc1nccnc1N1C[C@@H]2[C@H](CNC(=O)c3ccccn3)[C@H]3CC[C@]2(C1)O3. The third kappa shape index (κ3) is 2.71. The fourth-order valence-electron chi connectivity index (χ4n) is 5.10. The van der Waals surface area contributed by atoms with E-state index in [0.29, 0.717) is 24.0 Å². The lowest BCUT2D eigenvalue weighted by atomic mass is 9.73. The summed E-state index contributed by atoms with van der Waals surface area (Å²) < 4.78 is 11.9. The number of hydrogen-bond acceptors (Lipinski definition) is 7. The fraction of sp³-hybridized carbons (Fsp3) is 0.500. The molecule has 8 heteroatoms. The van der Waals surface area contributed by atoms with Gasteiger partial charge in [-0.2, -0.15) is 0 Å². The van der Waals surface area contributed by atoms with Crippen molar-refractivity contribution in [2.45, 2.75) is 24.5 Å². The Labute approximate surface area is 163 Å². The average molecular weight is 381 g/mol. The first-order chi connectivity index (χ1) is 13.7. The van der Waals surface area contributed by atoms with Crippen molar-refractivity contribution in [1.82, 2.24) is 20.3 Å². The maximum Gasteiger partial charge on any atom is 0.269 e. The topological polar surface area (TPSA) is 89.5 Å². The van der Waals surface area contributed by atoms with Crippen LogP contribution in [-0.4, -0.2) is 59.3 Å². The van der Waals surface area contributed by atoms with E-state index >= 15 is 0 Å². The number of pyridine rings is 1. The molecule has 2 aromatic heterocycles. The molecule has 2 aromatic rings. The normalized spacial score (nSPS) is 30.3. The van der Waals surface area contributed by atoms with Gasteiger partial charge in [-0.15, -0.1) is 0 Å². The molecule has 3 saturated heterocycles. The van der Waals surface area contributed by atoms with Gasteiger partial charge in [0.1, 0.15) is 5.69 Å². The zero-order chi connectivity index (χ0) is 19.1. The third-order valence-electron chi connectivity index (χ3n) is 6.32. The van der Waals surface area contributed by atoms with Crippen LogP contribution in [0.15, 0.2) is 36.8 Å². The Bertz CT molecular complexity index is 879. The molecule has 3 aliphatic rings. The lowest BCUT2D eigenvalue weighted by molar-refractivity contribution is 0.0141. The Balaban J connectivity index is 1.32. The lowest BCUT2D eigenvalue weighted by Crippen LogP contribution is -2.42. The summed E-state index contributed by atoms with van der Waals surface area (Å²) in [6, 6.07) is 5.35. The van der Waals surface area contributed by atoms with Crippen LogP contribution >= 0.6 is 0 Å². The maximum atomic E-state index is 12.4. The number of nitrogens with zero attached hydrogens (tertiary/aromatic N) is 4. The summed E-state index contributed by atoms with van der Waals surface area (Å²) in [4.78, 5) is 27.5. The number of amides is 1. The van der Waals surface area contributed by atoms with Gasteiger partial charge in [-0.1, -0.05) is 6.07 Å². The van der Waals surface area contributed by atoms with Crippen LogP contribution in [-0.2, 0) is 4.74 Å². The molecule has 146 valence electrons. The number of anilines is 1. The number of nitrogens with one attached hydrogen (secondary N) is 1. The number of aromatic nitrogens is 3. The molecule has 2 bridgehead atoms. The van der Waals surface area contributed by atoms with Gasteiger partial charge in [0.2, 0.25) is 0 Å². The summed E-state index contributed by atoms with van der Waals surface area (Å²) in [6.07, 6.45) is 7.24. The molecule has 1 amide bonds. The Morgan fingerprint density at radius 2 is 2.21 bits per heavy atom. The molecule has 3 fully saturated rings. The van der Waals surface area contributed by atoms with Crippen LogP contribution in [0.1, 0.15) is 23.3 Å². The van der Waals surface area contributed by atoms with E-state index in [1.807, 2.05) is 6.07 Å². The fourth-order valence-corrected chi connectivity index (χ4v) is 5.10. The summed E-state index contributed by atoms with van der Waals surface area (Å²) in [5.74, 6) is 1.80. The van der Waals surface area contributed by atoms with E-state index in [9.17, 15) is 4.79 Å². The number of rotatable bonds is 5. The van der Waals surface area contributed by atoms with Crippen molar-refractivity contribution >= 4 is 11.7 Å². The molecule has 0 radical (unpaired) electrons.